The van der Waals surface area contributed by atoms with E-state index in [9.17, 15) is 4.79 Å². The molecule has 1 saturated carbocycles. The molecule has 1 aromatic carbocycles. The Hall–Kier alpha value is -2.28. The summed E-state index contributed by atoms with van der Waals surface area (Å²) >= 11 is 0. The Kier molecular flexibility index (Phi) is 5.94. The standard InChI is InChI=1S/C22H31N3O4/c1-24(2)13-18-20(28-14-16-3-4-16)8-6-17-19(23-29-21(17)18)7-5-15-9-11-25(12-10-15)22(26)27/h6,8,15-16H,3-5,7,9-14H2,1-2H3,(H,26,27). The van der Waals surface area contributed by atoms with Crippen molar-refractivity contribution in [3.63, 3.8) is 0 Å². The first-order chi connectivity index (χ1) is 14.0. The fourth-order valence-corrected chi connectivity index (χ4v) is 4.12. The summed E-state index contributed by atoms with van der Waals surface area (Å²) in [6.45, 7) is 2.80. The Balaban J connectivity index is 1.45. The van der Waals surface area contributed by atoms with E-state index in [2.05, 4.69) is 22.2 Å². The van der Waals surface area contributed by atoms with Crippen molar-refractivity contribution >= 4 is 17.1 Å². The number of aromatic nitrogens is 1. The number of amides is 1. The van der Waals surface area contributed by atoms with Gasteiger partial charge in [0, 0.05) is 25.0 Å². The van der Waals surface area contributed by atoms with Gasteiger partial charge in [-0.3, -0.25) is 0 Å². The Labute approximate surface area is 171 Å². The molecular formula is C22H31N3O4. The van der Waals surface area contributed by atoms with Crippen molar-refractivity contribution in [3.05, 3.63) is 23.4 Å². The van der Waals surface area contributed by atoms with Gasteiger partial charge in [0.1, 0.15) is 5.75 Å². The first-order valence-electron chi connectivity index (χ1n) is 10.7. The van der Waals surface area contributed by atoms with Gasteiger partial charge in [0.15, 0.2) is 5.58 Å². The number of benzene rings is 1. The van der Waals surface area contributed by atoms with Gasteiger partial charge < -0.3 is 24.2 Å². The van der Waals surface area contributed by atoms with Crippen molar-refractivity contribution in [2.24, 2.45) is 11.8 Å². The van der Waals surface area contributed by atoms with Crippen LogP contribution in [0.1, 0.15) is 43.4 Å². The molecule has 158 valence electrons. The fraction of sp³-hybridized carbons (Fsp3) is 0.636. The molecule has 29 heavy (non-hydrogen) atoms. The lowest BCUT2D eigenvalue weighted by Crippen LogP contribution is -2.37. The number of carboxylic acid groups (broad SMARTS) is 1. The highest BCUT2D eigenvalue weighted by atomic mass is 16.5. The average Bonchev–Trinajstić information content (AvgIpc) is 3.44. The van der Waals surface area contributed by atoms with Crippen LogP contribution in [0.5, 0.6) is 5.75 Å². The predicted molar refractivity (Wildman–Crippen MR) is 110 cm³/mol. The average molecular weight is 402 g/mol. The van der Waals surface area contributed by atoms with Gasteiger partial charge in [-0.15, -0.1) is 0 Å². The first kappa shape index (κ1) is 20.0. The summed E-state index contributed by atoms with van der Waals surface area (Å²) in [6.07, 6.45) is 5.44. The van der Waals surface area contributed by atoms with E-state index in [1.54, 1.807) is 0 Å². The second-order valence-corrected chi connectivity index (χ2v) is 8.79. The summed E-state index contributed by atoms with van der Waals surface area (Å²) in [4.78, 5) is 14.7. The largest absolute Gasteiger partial charge is 0.493 e. The zero-order chi connectivity index (χ0) is 20.4. The van der Waals surface area contributed by atoms with E-state index < -0.39 is 6.09 Å². The summed E-state index contributed by atoms with van der Waals surface area (Å²) in [5.41, 5.74) is 2.90. The van der Waals surface area contributed by atoms with Crippen LogP contribution in [0.3, 0.4) is 0 Å². The van der Waals surface area contributed by atoms with E-state index in [0.717, 1.165) is 66.8 Å². The lowest BCUT2D eigenvalue weighted by molar-refractivity contribution is 0.123. The van der Waals surface area contributed by atoms with E-state index >= 15 is 0 Å². The Morgan fingerprint density at radius 2 is 2.00 bits per heavy atom. The third-order valence-electron chi connectivity index (χ3n) is 6.10. The van der Waals surface area contributed by atoms with Gasteiger partial charge in [-0.25, -0.2) is 4.79 Å². The number of carbonyl (C=O) groups is 1. The minimum atomic E-state index is -0.806. The molecule has 7 nitrogen and oxygen atoms in total. The lowest BCUT2D eigenvalue weighted by Gasteiger charge is -2.29. The van der Waals surface area contributed by atoms with Gasteiger partial charge in [-0.2, -0.15) is 0 Å². The molecular weight excluding hydrogens is 370 g/mol. The van der Waals surface area contributed by atoms with Crippen LogP contribution in [-0.2, 0) is 13.0 Å². The summed E-state index contributed by atoms with van der Waals surface area (Å²) < 4.78 is 11.9. The number of piperidine rings is 1. The number of hydrogen-bond acceptors (Lipinski definition) is 5. The molecule has 0 radical (unpaired) electrons. The third-order valence-corrected chi connectivity index (χ3v) is 6.10. The first-order valence-corrected chi connectivity index (χ1v) is 10.7. The Morgan fingerprint density at radius 3 is 2.66 bits per heavy atom. The third kappa shape index (κ3) is 4.83. The number of hydrogen-bond donors (Lipinski definition) is 1. The van der Waals surface area contributed by atoms with Crippen LogP contribution >= 0.6 is 0 Å². The highest BCUT2D eigenvalue weighted by molar-refractivity contribution is 5.84. The summed E-state index contributed by atoms with van der Waals surface area (Å²) in [7, 11) is 4.09. The van der Waals surface area contributed by atoms with Crippen molar-refractivity contribution in [2.45, 2.75) is 45.1 Å². The van der Waals surface area contributed by atoms with E-state index in [1.165, 1.54) is 17.7 Å². The number of fused-ring (bicyclic) bond motifs is 1. The number of likely N-dealkylation sites (tertiary alicyclic amines) is 1. The molecule has 1 aliphatic carbocycles. The molecule has 0 bridgehead atoms. The van der Waals surface area contributed by atoms with Crippen molar-refractivity contribution in [1.29, 1.82) is 0 Å². The van der Waals surface area contributed by atoms with Crippen molar-refractivity contribution in [3.8, 4) is 5.75 Å². The summed E-state index contributed by atoms with van der Waals surface area (Å²) in [5.74, 6) is 2.15. The maximum atomic E-state index is 11.1. The lowest BCUT2D eigenvalue weighted by atomic mass is 9.91. The predicted octanol–water partition coefficient (Wildman–Crippen LogP) is 4.00. The molecule has 4 rings (SSSR count). The molecule has 2 aromatic rings. The van der Waals surface area contributed by atoms with Crippen molar-refractivity contribution in [2.75, 3.05) is 33.8 Å². The van der Waals surface area contributed by atoms with Gasteiger partial charge >= 0.3 is 6.09 Å². The van der Waals surface area contributed by atoms with Crippen molar-refractivity contribution in [1.82, 2.24) is 15.0 Å². The van der Waals surface area contributed by atoms with Crippen LogP contribution in [0.4, 0.5) is 4.79 Å². The molecule has 1 aromatic heterocycles. The topological polar surface area (TPSA) is 79.0 Å². The maximum Gasteiger partial charge on any atom is 0.407 e. The van der Waals surface area contributed by atoms with Crippen LogP contribution in [0, 0.1) is 11.8 Å². The molecule has 1 saturated heterocycles. The minimum absolute atomic E-state index is 0.541. The van der Waals surface area contributed by atoms with Crippen LogP contribution < -0.4 is 4.74 Å². The molecule has 0 spiro atoms. The van der Waals surface area contributed by atoms with Crippen LogP contribution in [-0.4, -0.2) is 59.9 Å². The van der Waals surface area contributed by atoms with Gasteiger partial charge in [-0.05, 0) is 76.6 Å². The van der Waals surface area contributed by atoms with Crippen LogP contribution in [0.2, 0.25) is 0 Å². The smallest absolute Gasteiger partial charge is 0.407 e. The van der Waals surface area contributed by atoms with E-state index in [4.69, 9.17) is 14.4 Å². The van der Waals surface area contributed by atoms with Crippen LogP contribution in [0.15, 0.2) is 16.7 Å². The monoisotopic (exact) mass is 401 g/mol. The molecule has 0 unspecified atom stereocenters. The van der Waals surface area contributed by atoms with Crippen LogP contribution in [0.25, 0.3) is 11.0 Å². The quantitative estimate of drug-likeness (QED) is 0.720. The summed E-state index contributed by atoms with van der Waals surface area (Å²) in [6, 6.07) is 4.14. The second kappa shape index (κ2) is 8.61. The molecule has 7 heteroatoms. The van der Waals surface area contributed by atoms with Crippen molar-refractivity contribution < 1.29 is 19.2 Å². The van der Waals surface area contributed by atoms with E-state index in [-0.39, 0.29) is 0 Å². The molecule has 2 aliphatic rings. The van der Waals surface area contributed by atoms with E-state index in [0.29, 0.717) is 24.9 Å². The normalized spacial score (nSPS) is 18.0. The minimum Gasteiger partial charge on any atom is -0.493 e. The highest BCUT2D eigenvalue weighted by Crippen LogP contribution is 2.35. The molecule has 2 fully saturated rings. The second-order valence-electron chi connectivity index (χ2n) is 8.79. The Morgan fingerprint density at radius 1 is 1.24 bits per heavy atom. The SMILES string of the molecule is CN(C)Cc1c(OCC2CC2)ccc2c(CCC3CCN(C(=O)O)CC3)noc12. The molecule has 1 amide bonds. The Bertz CT molecular complexity index is 851. The highest BCUT2D eigenvalue weighted by Gasteiger charge is 2.25. The number of ether oxygens (including phenoxy) is 1. The zero-order valence-corrected chi connectivity index (χ0v) is 17.4. The molecule has 1 aliphatic heterocycles. The summed E-state index contributed by atoms with van der Waals surface area (Å²) in [5, 5.41) is 14.6. The van der Waals surface area contributed by atoms with Gasteiger partial charge in [0.25, 0.3) is 0 Å². The molecule has 2 heterocycles. The number of aryl methyl sites for hydroxylation is 1. The van der Waals surface area contributed by atoms with Gasteiger partial charge in [-0.1, -0.05) is 5.16 Å². The molecule has 0 atom stereocenters. The van der Waals surface area contributed by atoms with Gasteiger partial charge in [0.2, 0.25) is 0 Å². The zero-order valence-electron chi connectivity index (χ0n) is 17.4. The van der Waals surface area contributed by atoms with Gasteiger partial charge in [0.05, 0.1) is 17.9 Å². The number of nitrogens with zero attached hydrogens (tertiary/aromatic N) is 3. The number of rotatable bonds is 8. The van der Waals surface area contributed by atoms with E-state index in [1.807, 2.05) is 14.1 Å². The maximum absolute atomic E-state index is 11.1. The fourth-order valence-electron chi connectivity index (χ4n) is 4.12. The molecule has 1 N–H and O–H groups in total.